The third-order valence-electron chi connectivity index (χ3n) is 3.28. The van der Waals surface area contributed by atoms with Crippen LogP contribution in [0.5, 0.6) is 0 Å². The number of hydrogen-bond donors (Lipinski definition) is 3. The van der Waals surface area contributed by atoms with Crippen molar-refractivity contribution in [1.29, 1.82) is 0 Å². The van der Waals surface area contributed by atoms with E-state index in [2.05, 4.69) is 43.8 Å². The highest BCUT2D eigenvalue weighted by Crippen LogP contribution is 2.33. The number of benzene rings is 1. The summed E-state index contributed by atoms with van der Waals surface area (Å²) in [4.78, 5) is 15.8. The summed E-state index contributed by atoms with van der Waals surface area (Å²) in [5, 5.41) is 11.4. The van der Waals surface area contributed by atoms with Crippen molar-refractivity contribution >= 4 is 30.6 Å². The minimum Gasteiger partial charge on any atom is -0.280 e. The predicted octanol–water partition coefficient (Wildman–Crippen LogP) is 2.66. The van der Waals surface area contributed by atoms with Gasteiger partial charge in [0.05, 0.1) is 5.56 Å². The lowest BCUT2D eigenvalue weighted by Gasteiger charge is -2.08. The number of carbonyl (C=O) groups is 1. The number of alkyl halides is 3. The topological polar surface area (TPSA) is 97.6 Å². The molecule has 0 saturated carbocycles. The Hall–Kier alpha value is -3.41. The predicted molar refractivity (Wildman–Crippen MR) is 96.8 cm³/mol. The van der Waals surface area contributed by atoms with E-state index in [1.165, 1.54) is 29.5 Å². The lowest BCUT2D eigenvalue weighted by molar-refractivity contribution is -0.137. The van der Waals surface area contributed by atoms with Crippen molar-refractivity contribution in [2.24, 2.45) is 0 Å². The summed E-state index contributed by atoms with van der Waals surface area (Å²) in [7, 11) is 0. The van der Waals surface area contributed by atoms with Crippen LogP contribution in [-0.2, 0) is 11.0 Å². The molecule has 0 spiro atoms. The standard InChI is InChI=1S/C16H12F3N7OS/c17-16(18,19)11-6-10(7-12(28)8-11)15-20-9-26(25-15)5-3-14(27)24-23-13-2-1-4-21-22-13/h1-9,28H,(H,22,23)(H,24,27)/b5-3-. The largest absolute Gasteiger partial charge is 0.416 e. The molecular formula is C16H12F3N7OS. The molecule has 0 aliphatic rings. The summed E-state index contributed by atoms with van der Waals surface area (Å²) >= 11 is 3.99. The summed E-state index contributed by atoms with van der Waals surface area (Å²) in [6.45, 7) is 0. The number of amides is 1. The summed E-state index contributed by atoms with van der Waals surface area (Å²) < 4.78 is 40.0. The molecule has 2 aromatic heterocycles. The van der Waals surface area contributed by atoms with E-state index in [9.17, 15) is 18.0 Å². The number of hydrazine groups is 1. The van der Waals surface area contributed by atoms with E-state index in [4.69, 9.17) is 0 Å². The van der Waals surface area contributed by atoms with Gasteiger partial charge in [-0.25, -0.2) is 9.67 Å². The third-order valence-corrected chi connectivity index (χ3v) is 3.53. The lowest BCUT2D eigenvalue weighted by atomic mass is 10.1. The Balaban J connectivity index is 1.68. The molecule has 0 atom stereocenters. The number of aromatic nitrogens is 5. The van der Waals surface area contributed by atoms with Gasteiger partial charge >= 0.3 is 6.18 Å². The molecular weight excluding hydrogens is 395 g/mol. The monoisotopic (exact) mass is 407 g/mol. The van der Waals surface area contributed by atoms with Crippen molar-refractivity contribution in [3.63, 3.8) is 0 Å². The number of hydrogen-bond acceptors (Lipinski definition) is 7. The second kappa shape index (κ2) is 8.08. The van der Waals surface area contributed by atoms with Crippen LogP contribution in [-0.4, -0.2) is 30.9 Å². The molecule has 0 bridgehead atoms. The van der Waals surface area contributed by atoms with E-state index in [0.29, 0.717) is 5.82 Å². The van der Waals surface area contributed by atoms with E-state index in [1.54, 1.807) is 12.1 Å². The van der Waals surface area contributed by atoms with Crippen LogP contribution in [0.1, 0.15) is 5.56 Å². The number of nitrogens with one attached hydrogen (secondary N) is 2. The van der Waals surface area contributed by atoms with Crippen LogP contribution in [0.4, 0.5) is 19.0 Å². The molecule has 0 unspecified atom stereocenters. The number of carbonyl (C=O) groups excluding carboxylic acids is 1. The smallest absolute Gasteiger partial charge is 0.280 e. The van der Waals surface area contributed by atoms with Crippen molar-refractivity contribution in [2.45, 2.75) is 11.1 Å². The van der Waals surface area contributed by atoms with Crippen LogP contribution in [0, 0.1) is 0 Å². The van der Waals surface area contributed by atoms with Crippen molar-refractivity contribution in [1.82, 2.24) is 30.4 Å². The fraction of sp³-hybridized carbons (Fsp3) is 0.0625. The Morgan fingerprint density at radius 1 is 1.25 bits per heavy atom. The van der Waals surface area contributed by atoms with Gasteiger partial charge in [0.25, 0.3) is 5.91 Å². The normalized spacial score (nSPS) is 11.6. The molecule has 0 fully saturated rings. The quantitative estimate of drug-likeness (QED) is 0.342. The molecule has 0 saturated heterocycles. The van der Waals surface area contributed by atoms with Gasteiger partial charge in [0.15, 0.2) is 11.6 Å². The van der Waals surface area contributed by atoms with E-state index < -0.39 is 17.6 Å². The van der Waals surface area contributed by atoms with Crippen molar-refractivity contribution in [2.75, 3.05) is 5.43 Å². The minimum absolute atomic E-state index is 0.0594. The first kappa shape index (κ1) is 19.4. The van der Waals surface area contributed by atoms with Gasteiger partial charge in [0.1, 0.15) is 6.33 Å². The first-order valence-corrected chi connectivity index (χ1v) is 8.10. The Bertz CT molecular complexity index is 1000. The Morgan fingerprint density at radius 3 is 2.79 bits per heavy atom. The number of anilines is 1. The number of thiol groups is 1. The molecule has 0 aliphatic heterocycles. The lowest BCUT2D eigenvalue weighted by Crippen LogP contribution is -2.28. The molecule has 8 nitrogen and oxygen atoms in total. The summed E-state index contributed by atoms with van der Waals surface area (Å²) in [6, 6.07) is 6.50. The van der Waals surface area contributed by atoms with Gasteiger partial charge in [-0.15, -0.1) is 22.8 Å². The highest BCUT2D eigenvalue weighted by atomic mass is 32.1. The van der Waals surface area contributed by atoms with Crippen LogP contribution >= 0.6 is 12.6 Å². The van der Waals surface area contributed by atoms with E-state index in [0.717, 1.165) is 18.2 Å². The Kier molecular flexibility index (Phi) is 5.59. The average Bonchev–Trinajstić information content (AvgIpc) is 3.13. The first-order chi connectivity index (χ1) is 13.3. The fourth-order valence-electron chi connectivity index (χ4n) is 2.06. The fourth-order valence-corrected chi connectivity index (χ4v) is 2.34. The van der Waals surface area contributed by atoms with Crippen LogP contribution in [0.2, 0.25) is 0 Å². The SMILES string of the molecule is O=C(/C=C\n1cnc(-c2cc(S)cc(C(F)(F)F)c2)n1)NNc1cccnn1. The minimum atomic E-state index is -4.51. The molecule has 3 aromatic rings. The van der Waals surface area contributed by atoms with Gasteiger partial charge < -0.3 is 0 Å². The highest BCUT2D eigenvalue weighted by molar-refractivity contribution is 7.80. The van der Waals surface area contributed by atoms with Crippen LogP contribution < -0.4 is 10.9 Å². The van der Waals surface area contributed by atoms with Crippen molar-refractivity contribution in [3.05, 3.63) is 54.5 Å². The van der Waals surface area contributed by atoms with Gasteiger partial charge in [-0.3, -0.25) is 15.6 Å². The second-order valence-corrected chi connectivity index (χ2v) is 5.87. The number of rotatable bonds is 5. The highest BCUT2D eigenvalue weighted by Gasteiger charge is 2.31. The molecule has 12 heteroatoms. The molecule has 144 valence electrons. The van der Waals surface area contributed by atoms with E-state index >= 15 is 0 Å². The number of nitrogens with zero attached hydrogens (tertiary/aromatic N) is 5. The van der Waals surface area contributed by atoms with E-state index in [-0.39, 0.29) is 16.3 Å². The van der Waals surface area contributed by atoms with Crippen LogP contribution in [0.15, 0.2) is 53.8 Å². The van der Waals surface area contributed by atoms with Gasteiger partial charge in [-0.05, 0) is 30.3 Å². The maximum absolute atomic E-state index is 12.9. The maximum atomic E-state index is 12.9. The zero-order valence-corrected chi connectivity index (χ0v) is 14.8. The Morgan fingerprint density at radius 2 is 2.07 bits per heavy atom. The zero-order chi connectivity index (χ0) is 20.1. The van der Waals surface area contributed by atoms with Gasteiger partial charge in [0, 0.05) is 28.9 Å². The molecule has 2 heterocycles. The summed E-state index contributed by atoms with van der Waals surface area (Å²) in [6.07, 6.45) is 0.672. The van der Waals surface area contributed by atoms with Gasteiger partial charge in [0.2, 0.25) is 0 Å². The average molecular weight is 407 g/mol. The van der Waals surface area contributed by atoms with E-state index in [1.807, 2.05) is 0 Å². The second-order valence-electron chi connectivity index (χ2n) is 5.35. The summed E-state index contributed by atoms with van der Waals surface area (Å²) in [5.41, 5.74) is 4.22. The summed E-state index contributed by atoms with van der Waals surface area (Å²) in [5.74, 6) is -0.108. The molecule has 28 heavy (non-hydrogen) atoms. The number of halogens is 3. The van der Waals surface area contributed by atoms with Crippen molar-refractivity contribution in [3.8, 4) is 11.4 Å². The van der Waals surface area contributed by atoms with Crippen LogP contribution in [0.3, 0.4) is 0 Å². The van der Waals surface area contributed by atoms with Gasteiger partial charge in [-0.1, -0.05) is 0 Å². The molecule has 0 radical (unpaired) electrons. The third kappa shape index (κ3) is 5.07. The zero-order valence-electron chi connectivity index (χ0n) is 13.9. The molecule has 0 aliphatic carbocycles. The molecule has 3 rings (SSSR count). The molecule has 1 aromatic carbocycles. The molecule has 2 N–H and O–H groups in total. The van der Waals surface area contributed by atoms with Crippen LogP contribution in [0.25, 0.3) is 17.6 Å². The van der Waals surface area contributed by atoms with Gasteiger partial charge in [-0.2, -0.15) is 18.3 Å². The molecule has 1 amide bonds. The first-order valence-electron chi connectivity index (χ1n) is 7.66. The maximum Gasteiger partial charge on any atom is 0.416 e. The Labute approximate surface area is 161 Å². The van der Waals surface area contributed by atoms with Crippen molar-refractivity contribution < 1.29 is 18.0 Å².